The number of benzene rings is 1. The van der Waals surface area contributed by atoms with E-state index in [4.69, 9.17) is 0 Å². The van der Waals surface area contributed by atoms with Gasteiger partial charge in [0.05, 0.1) is 16.6 Å². The van der Waals surface area contributed by atoms with Gasteiger partial charge in [0.15, 0.2) is 5.43 Å². The Labute approximate surface area is 74.6 Å². The lowest BCUT2D eigenvalue weighted by Gasteiger charge is -1.96. The number of H-pyrrole nitrogens is 1. The molecule has 0 aliphatic carbocycles. The van der Waals surface area contributed by atoms with Crippen molar-refractivity contribution in [2.45, 2.75) is 5.03 Å². The molecule has 0 bridgehead atoms. The topological polar surface area (TPSA) is 32.9 Å². The van der Waals surface area contributed by atoms with Crippen LogP contribution < -0.4 is 5.43 Å². The van der Waals surface area contributed by atoms with E-state index >= 15 is 0 Å². The van der Waals surface area contributed by atoms with Crippen molar-refractivity contribution in [1.82, 2.24) is 4.98 Å². The third kappa shape index (κ3) is 1.12. The molecule has 12 heavy (non-hydrogen) atoms. The van der Waals surface area contributed by atoms with Crippen molar-refractivity contribution in [2.75, 3.05) is 0 Å². The fourth-order valence-corrected chi connectivity index (χ4v) is 1.35. The number of thiol groups is 1. The van der Waals surface area contributed by atoms with Crippen LogP contribution in [0.4, 0.5) is 0 Å². The van der Waals surface area contributed by atoms with Crippen molar-refractivity contribution in [3.8, 4) is 0 Å². The van der Waals surface area contributed by atoms with E-state index in [0.29, 0.717) is 10.4 Å². The normalized spacial score (nSPS) is 10.4. The Morgan fingerprint density at radius 2 is 2.08 bits per heavy atom. The second-order valence-corrected chi connectivity index (χ2v) is 2.92. The van der Waals surface area contributed by atoms with Gasteiger partial charge in [-0.25, -0.2) is 0 Å². The predicted molar refractivity (Wildman–Crippen MR) is 50.7 cm³/mol. The summed E-state index contributed by atoms with van der Waals surface area (Å²) >= 11 is 4.02. The zero-order valence-corrected chi connectivity index (χ0v) is 7.06. The van der Waals surface area contributed by atoms with Gasteiger partial charge in [-0.2, -0.15) is 0 Å². The molecule has 0 fully saturated rings. The van der Waals surface area contributed by atoms with E-state index in [1.807, 2.05) is 18.2 Å². The Morgan fingerprint density at radius 1 is 1.33 bits per heavy atom. The van der Waals surface area contributed by atoms with Crippen LogP contribution in [0.2, 0.25) is 0 Å². The molecule has 0 amide bonds. The van der Waals surface area contributed by atoms with E-state index < -0.39 is 0 Å². The van der Waals surface area contributed by atoms with Gasteiger partial charge in [0.1, 0.15) is 0 Å². The molecule has 0 aliphatic rings. The zero-order chi connectivity index (χ0) is 8.55. The maximum Gasteiger partial charge on any atom is 0.198 e. The molecule has 0 aliphatic heterocycles. The summed E-state index contributed by atoms with van der Waals surface area (Å²) in [5.41, 5.74) is 0.681. The number of nitrogens with one attached hydrogen (secondary N) is 1. The molecule has 2 nitrogen and oxygen atoms in total. The van der Waals surface area contributed by atoms with Gasteiger partial charge in [-0.05, 0) is 12.1 Å². The quantitative estimate of drug-likeness (QED) is 0.587. The fraction of sp³-hybridized carbons (Fsp3) is 0. The highest BCUT2D eigenvalue weighted by molar-refractivity contribution is 7.80. The van der Waals surface area contributed by atoms with E-state index in [0.717, 1.165) is 5.52 Å². The van der Waals surface area contributed by atoms with Crippen molar-refractivity contribution < 1.29 is 0 Å². The van der Waals surface area contributed by atoms with Crippen molar-refractivity contribution in [3.05, 3.63) is 40.6 Å². The minimum absolute atomic E-state index is 0.116. The minimum atomic E-state index is -0.116. The number of aromatic nitrogens is 1. The molecule has 0 saturated carbocycles. The Morgan fingerprint density at radius 3 is 2.92 bits per heavy atom. The van der Waals surface area contributed by atoms with E-state index in [1.165, 1.54) is 0 Å². The first-order valence-electron chi connectivity index (χ1n) is 3.51. The van der Waals surface area contributed by atoms with Crippen LogP contribution in [-0.4, -0.2) is 4.98 Å². The maximum absolute atomic E-state index is 11.3. The molecule has 1 heterocycles. The Kier molecular flexibility index (Phi) is 1.66. The van der Waals surface area contributed by atoms with Gasteiger partial charge in [-0.3, -0.25) is 4.79 Å². The number of hydrogen-bond acceptors (Lipinski definition) is 2. The minimum Gasteiger partial charge on any atom is -0.349 e. The molecule has 1 radical (unpaired) electrons. The molecule has 59 valence electrons. The SMILES string of the molecule is O=c1[c]c(S)[nH]c2ccccc12. The summed E-state index contributed by atoms with van der Waals surface area (Å²) in [6, 6.07) is 9.86. The highest BCUT2D eigenvalue weighted by atomic mass is 32.1. The molecule has 0 spiro atoms. The number of pyridine rings is 1. The monoisotopic (exact) mass is 176 g/mol. The number of hydrogen-bond donors (Lipinski definition) is 2. The largest absolute Gasteiger partial charge is 0.349 e. The number of fused-ring (bicyclic) bond motifs is 1. The Balaban J connectivity index is 2.99. The van der Waals surface area contributed by atoms with Crippen LogP contribution >= 0.6 is 12.6 Å². The van der Waals surface area contributed by atoms with Gasteiger partial charge in [-0.15, -0.1) is 12.6 Å². The molecule has 1 N–H and O–H groups in total. The van der Waals surface area contributed by atoms with Crippen LogP contribution in [0, 0.1) is 6.07 Å². The smallest absolute Gasteiger partial charge is 0.198 e. The lowest BCUT2D eigenvalue weighted by Crippen LogP contribution is -2.01. The van der Waals surface area contributed by atoms with E-state index in [9.17, 15) is 4.79 Å². The molecule has 2 aromatic rings. The maximum atomic E-state index is 11.3. The first-order chi connectivity index (χ1) is 5.77. The Bertz CT molecular complexity index is 475. The summed E-state index contributed by atoms with van der Waals surface area (Å²) in [7, 11) is 0. The second-order valence-electron chi connectivity index (χ2n) is 2.47. The predicted octanol–water partition coefficient (Wildman–Crippen LogP) is 1.62. The van der Waals surface area contributed by atoms with Crippen LogP contribution in [0.3, 0.4) is 0 Å². The van der Waals surface area contributed by atoms with Crippen molar-refractivity contribution in [2.24, 2.45) is 0 Å². The van der Waals surface area contributed by atoms with Crippen LogP contribution in [0.1, 0.15) is 0 Å². The van der Waals surface area contributed by atoms with Gasteiger partial charge in [-0.1, -0.05) is 12.1 Å². The van der Waals surface area contributed by atoms with E-state index in [-0.39, 0.29) is 5.43 Å². The average Bonchev–Trinajstić information content (AvgIpc) is 2.04. The van der Waals surface area contributed by atoms with Crippen LogP contribution in [-0.2, 0) is 0 Å². The highest BCUT2D eigenvalue weighted by Crippen LogP contribution is 2.07. The summed E-state index contributed by atoms with van der Waals surface area (Å²) in [5.74, 6) is 0. The molecule has 2 rings (SSSR count). The van der Waals surface area contributed by atoms with Gasteiger partial charge in [0.2, 0.25) is 0 Å². The second kappa shape index (κ2) is 2.68. The molecular formula is C9H6NOS. The zero-order valence-electron chi connectivity index (χ0n) is 6.16. The third-order valence-electron chi connectivity index (χ3n) is 1.66. The molecule has 0 saturated heterocycles. The highest BCUT2D eigenvalue weighted by Gasteiger charge is 1.97. The van der Waals surface area contributed by atoms with E-state index in [2.05, 4.69) is 23.7 Å². The van der Waals surface area contributed by atoms with Crippen LogP contribution in [0.5, 0.6) is 0 Å². The van der Waals surface area contributed by atoms with Gasteiger partial charge in [0, 0.05) is 5.39 Å². The summed E-state index contributed by atoms with van der Waals surface area (Å²) in [6.07, 6.45) is 0. The van der Waals surface area contributed by atoms with Gasteiger partial charge < -0.3 is 4.98 Å². The van der Waals surface area contributed by atoms with Crippen LogP contribution in [0.25, 0.3) is 10.9 Å². The third-order valence-corrected chi connectivity index (χ3v) is 1.88. The van der Waals surface area contributed by atoms with Crippen molar-refractivity contribution >= 4 is 23.5 Å². The lowest BCUT2D eigenvalue weighted by atomic mass is 10.2. The molecule has 3 heteroatoms. The number of aromatic amines is 1. The standard InChI is InChI=1S/C9H6NOS/c11-8-5-9(12)10-7-4-2-1-3-6(7)8/h1-4H,(H2,10,11,12). The van der Waals surface area contributed by atoms with E-state index in [1.54, 1.807) is 6.07 Å². The van der Waals surface area contributed by atoms with Crippen LogP contribution in [0.15, 0.2) is 34.1 Å². The Hall–Kier alpha value is -1.22. The summed E-state index contributed by atoms with van der Waals surface area (Å²) < 4.78 is 0. The summed E-state index contributed by atoms with van der Waals surface area (Å²) in [6.45, 7) is 0. The first-order valence-corrected chi connectivity index (χ1v) is 3.95. The average molecular weight is 176 g/mol. The first kappa shape index (κ1) is 7.43. The molecular weight excluding hydrogens is 170 g/mol. The molecule has 1 aromatic carbocycles. The lowest BCUT2D eigenvalue weighted by molar-refractivity contribution is 1.18. The van der Waals surface area contributed by atoms with Crippen molar-refractivity contribution in [1.29, 1.82) is 0 Å². The molecule has 1 aromatic heterocycles. The fourth-order valence-electron chi connectivity index (χ4n) is 1.12. The summed E-state index contributed by atoms with van der Waals surface area (Å²) in [5, 5.41) is 1.12. The van der Waals surface area contributed by atoms with Gasteiger partial charge >= 0.3 is 0 Å². The summed E-state index contributed by atoms with van der Waals surface area (Å²) in [4.78, 5) is 14.2. The van der Waals surface area contributed by atoms with Gasteiger partial charge in [0.25, 0.3) is 0 Å². The molecule has 0 unspecified atom stereocenters. The number of para-hydroxylation sites is 1. The molecule has 0 atom stereocenters. The van der Waals surface area contributed by atoms with Crippen molar-refractivity contribution in [3.63, 3.8) is 0 Å². The number of rotatable bonds is 0.